The van der Waals surface area contributed by atoms with Crippen LogP contribution in [0.15, 0.2) is 58.4 Å². The van der Waals surface area contributed by atoms with E-state index in [9.17, 15) is 13.2 Å². The lowest BCUT2D eigenvalue weighted by molar-refractivity contribution is 0.100. The third kappa shape index (κ3) is 5.64. The number of hydrogen-bond donors (Lipinski definition) is 2. The molecule has 0 atom stereocenters. The van der Waals surface area contributed by atoms with E-state index in [4.69, 9.17) is 11.5 Å². The fourth-order valence-electron chi connectivity index (χ4n) is 1.91. The predicted octanol–water partition coefficient (Wildman–Crippen LogP) is 1.33. The number of nitrogens with zero attached hydrogens (tertiary/aromatic N) is 1. The first-order valence-electron chi connectivity index (χ1n) is 6.82. The fourth-order valence-corrected chi connectivity index (χ4v) is 2.77. The molecule has 0 radical (unpaired) electrons. The van der Waals surface area contributed by atoms with Crippen LogP contribution in [-0.2, 0) is 9.84 Å². The summed E-state index contributed by atoms with van der Waals surface area (Å²) >= 11 is 0. The Morgan fingerprint density at radius 3 is 2.24 bits per heavy atom. The number of rotatable bonds is 2. The number of carbonyl (C=O) groups excluding carboxylic acids is 1. The van der Waals surface area contributed by atoms with Gasteiger partial charge in [0.25, 0.3) is 5.91 Å². The van der Waals surface area contributed by atoms with E-state index >= 15 is 0 Å². The topological polar surface area (TPSA) is 116 Å². The maximum atomic E-state index is 12.0. The third-order valence-electron chi connectivity index (χ3n) is 2.97. The van der Waals surface area contributed by atoms with E-state index in [1.54, 1.807) is 0 Å². The molecule has 8 heteroatoms. The van der Waals surface area contributed by atoms with Crippen molar-refractivity contribution in [1.29, 1.82) is 0 Å². The van der Waals surface area contributed by atoms with Crippen LogP contribution in [0.4, 0.5) is 0 Å². The van der Waals surface area contributed by atoms with Crippen LogP contribution in [0.2, 0.25) is 0 Å². The van der Waals surface area contributed by atoms with Gasteiger partial charge in [-0.05, 0) is 30.3 Å². The van der Waals surface area contributed by atoms with Gasteiger partial charge in [0.05, 0.1) is 4.90 Å². The molecule has 0 heterocycles. The molecule has 0 unspecified atom stereocenters. The summed E-state index contributed by atoms with van der Waals surface area (Å²) < 4.78 is 24.0. The van der Waals surface area contributed by atoms with Gasteiger partial charge in [0.1, 0.15) is 0 Å². The summed E-state index contributed by atoms with van der Waals surface area (Å²) in [6.45, 7) is 0. The average molecular weight is 378 g/mol. The molecule has 0 aliphatic carbocycles. The Bertz CT molecular complexity index is 971. The zero-order valence-corrected chi connectivity index (χ0v) is 14.9. The monoisotopic (exact) mass is 377 g/mol. The largest absolute Gasteiger partial charge is 0.370 e. The number of amides is 1. The molecule has 0 aromatic heterocycles. The van der Waals surface area contributed by atoms with Gasteiger partial charge in [0.15, 0.2) is 15.8 Å². The number of benzene rings is 2. The Morgan fingerprint density at radius 1 is 1.04 bits per heavy atom. The number of nitrogens with two attached hydrogens (primary N) is 2. The molecular formula is C17H16ClN3O3S. The van der Waals surface area contributed by atoms with Gasteiger partial charge < -0.3 is 11.5 Å². The summed E-state index contributed by atoms with van der Waals surface area (Å²) in [6.07, 6.45) is 1.05. The fraction of sp³-hybridized carbons (Fsp3) is 0.0588. The van der Waals surface area contributed by atoms with Gasteiger partial charge in [-0.2, -0.15) is 4.99 Å². The molecule has 2 rings (SSSR count). The number of aliphatic imine (C=N–C) groups is 1. The van der Waals surface area contributed by atoms with E-state index in [0.29, 0.717) is 5.56 Å². The Hall–Kier alpha value is -2.82. The quantitative estimate of drug-likeness (QED) is 0.465. The number of halogens is 1. The third-order valence-corrected chi connectivity index (χ3v) is 4.11. The van der Waals surface area contributed by atoms with Gasteiger partial charge in [0.2, 0.25) is 0 Å². The van der Waals surface area contributed by atoms with Crippen molar-refractivity contribution in [3.8, 4) is 11.8 Å². The van der Waals surface area contributed by atoms with Crippen LogP contribution in [0.3, 0.4) is 0 Å². The molecule has 0 saturated heterocycles. The van der Waals surface area contributed by atoms with Gasteiger partial charge in [-0.15, -0.1) is 12.4 Å². The lowest BCUT2D eigenvalue weighted by Crippen LogP contribution is -2.24. The minimum absolute atomic E-state index is 0. The van der Waals surface area contributed by atoms with Gasteiger partial charge in [-0.1, -0.05) is 30.0 Å². The summed E-state index contributed by atoms with van der Waals surface area (Å²) in [4.78, 5) is 15.2. The molecule has 130 valence electrons. The van der Waals surface area contributed by atoms with Crippen molar-refractivity contribution in [2.45, 2.75) is 4.90 Å². The van der Waals surface area contributed by atoms with E-state index in [0.717, 1.165) is 11.8 Å². The first kappa shape index (κ1) is 20.2. The van der Waals surface area contributed by atoms with E-state index in [2.05, 4.69) is 16.8 Å². The highest BCUT2D eigenvalue weighted by Gasteiger charge is 2.16. The van der Waals surface area contributed by atoms with Crippen molar-refractivity contribution in [3.05, 3.63) is 65.2 Å². The van der Waals surface area contributed by atoms with Crippen LogP contribution >= 0.6 is 12.4 Å². The van der Waals surface area contributed by atoms with Crippen molar-refractivity contribution in [2.75, 3.05) is 6.26 Å². The minimum atomic E-state index is -3.59. The molecular weight excluding hydrogens is 362 g/mol. The number of sulfone groups is 1. The minimum Gasteiger partial charge on any atom is -0.370 e. The maximum absolute atomic E-state index is 12.0. The normalized spacial score (nSPS) is 9.96. The summed E-state index contributed by atoms with van der Waals surface area (Å²) in [5.74, 6) is 4.59. The maximum Gasteiger partial charge on any atom is 0.280 e. The van der Waals surface area contributed by atoms with Crippen molar-refractivity contribution >= 4 is 34.1 Å². The van der Waals surface area contributed by atoms with E-state index < -0.39 is 21.7 Å². The van der Waals surface area contributed by atoms with Crippen LogP contribution in [0, 0.1) is 11.8 Å². The molecule has 2 aromatic carbocycles. The molecule has 25 heavy (non-hydrogen) atoms. The second kappa shape index (κ2) is 8.33. The molecule has 0 bridgehead atoms. The van der Waals surface area contributed by atoms with Crippen LogP contribution in [0.5, 0.6) is 0 Å². The smallest absolute Gasteiger partial charge is 0.280 e. The Labute approximate surface area is 152 Å². The molecule has 0 saturated carbocycles. The summed E-state index contributed by atoms with van der Waals surface area (Å²) in [5.41, 5.74) is 11.4. The molecule has 6 nitrogen and oxygen atoms in total. The highest BCUT2D eigenvalue weighted by molar-refractivity contribution is 7.90. The predicted molar refractivity (Wildman–Crippen MR) is 99.4 cm³/mol. The molecule has 0 spiro atoms. The van der Waals surface area contributed by atoms with Crippen LogP contribution in [0.25, 0.3) is 0 Å². The molecule has 1 amide bonds. The highest BCUT2D eigenvalue weighted by atomic mass is 35.5. The first-order chi connectivity index (χ1) is 11.3. The number of guanidine groups is 1. The van der Waals surface area contributed by atoms with E-state index in [1.807, 2.05) is 30.3 Å². The Morgan fingerprint density at radius 2 is 1.68 bits per heavy atom. The van der Waals surface area contributed by atoms with Gasteiger partial charge in [-0.25, -0.2) is 8.42 Å². The summed E-state index contributed by atoms with van der Waals surface area (Å²) in [7, 11) is -3.59. The zero-order chi connectivity index (χ0) is 17.7. The first-order valence-corrected chi connectivity index (χ1v) is 8.71. The highest BCUT2D eigenvalue weighted by Crippen LogP contribution is 2.18. The standard InChI is InChI=1S/C17H15N3O3S.ClH/c1-24(22,23)15-11-14(16(21)20-17(18)19)10-9-13(15)8-7-12-5-3-2-4-6-12;/h2-6,9-11H,1H3,(H4,18,19,20,21);1H. The van der Waals surface area contributed by atoms with Crippen LogP contribution < -0.4 is 11.5 Å². The lowest BCUT2D eigenvalue weighted by Gasteiger charge is -2.04. The molecule has 0 aliphatic rings. The van der Waals surface area contributed by atoms with Crippen molar-refractivity contribution in [2.24, 2.45) is 16.5 Å². The van der Waals surface area contributed by atoms with Crippen molar-refractivity contribution in [1.82, 2.24) is 0 Å². The second-order valence-electron chi connectivity index (χ2n) is 4.94. The van der Waals surface area contributed by atoms with Gasteiger partial charge in [-0.3, -0.25) is 4.79 Å². The molecule has 0 aliphatic heterocycles. The molecule has 2 aromatic rings. The van der Waals surface area contributed by atoms with E-state index in [1.165, 1.54) is 18.2 Å². The SMILES string of the molecule is CS(=O)(=O)c1cc(C(=O)N=C(N)N)ccc1C#Cc1ccccc1.Cl. The summed E-state index contributed by atoms with van der Waals surface area (Å²) in [6, 6.07) is 13.3. The molecule has 4 N–H and O–H groups in total. The zero-order valence-electron chi connectivity index (χ0n) is 13.3. The Balaban J connectivity index is 0.00000312. The number of carbonyl (C=O) groups is 1. The van der Waals surface area contributed by atoms with Crippen molar-refractivity contribution < 1.29 is 13.2 Å². The van der Waals surface area contributed by atoms with E-state index in [-0.39, 0.29) is 22.9 Å². The molecule has 0 fully saturated rings. The second-order valence-corrected chi connectivity index (χ2v) is 6.93. The Kier molecular flexibility index (Phi) is 6.74. The van der Waals surface area contributed by atoms with Gasteiger partial charge in [0, 0.05) is 22.9 Å². The number of hydrogen-bond acceptors (Lipinski definition) is 3. The van der Waals surface area contributed by atoms with Crippen LogP contribution in [-0.4, -0.2) is 26.5 Å². The average Bonchev–Trinajstić information content (AvgIpc) is 2.52. The van der Waals surface area contributed by atoms with Crippen LogP contribution in [0.1, 0.15) is 21.5 Å². The van der Waals surface area contributed by atoms with Crippen molar-refractivity contribution in [3.63, 3.8) is 0 Å². The summed E-state index contributed by atoms with van der Waals surface area (Å²) in [5, 5.41) is 0. The lowest BCUT2D eigenvalue weighted by atomic mass is 10.1. The van der Waals surface area contributed by atoms with Gasteiger partial charge >= 0.3 is 0 Å².